The van der Waals surface area contributed by atoms with E-state index in [0.717, 1.165) is 25.9 Å². The summed E-state index contributed by atoms with van der Waals surface area (Å²) >= 11 is 0. The van der Waals surface area contributed by atoms with Crippen LogP contribution in [0, 0.1) is 5.92 Å². The summed E-state index contributed by atoms with van der Waals surface area (Å²) in [5.41, 5.74) is 0.578. The first-order valence-corrected chi connectivity index (χ1v) is 6.08. The highest BCUT2D eigenvalue weighted by Gasteiger charge is 2.37. The fourth-order valence-electron chi connectivity index (χ4n) is 2.28. The highest BCUT2D eigenvalue weighted by atomic mass is 16.3. The third-order valence-electron chi connectivity index (χ3n) is 3.72. The zero-order valence-corrected chi connectivity index (χ0v) is 9.62. The minimum atomic E-state index is -0.0859. The average Bonchev–Trinajstić information content (AvgIpc) is 2.61. The number of likely N-dealkylation sites (tertiary alicyclic amines) is 1. The van der Waals surface area contributed by atoms with Gasteiger partial charge in [0.05, 0.1) is 18.8 Å². The number of nitrogens with zero attached hydrogens (tertiary/aromatic N) is 4. The molecular weight excluding hydrogens is 220 g/mol. The standard InChI is InChI=1S/C11H16N4O2/c16-7-9-4-15(13-12-9)10-5-14(6-10)11(17)8-2-1-3-8/h4,8,10,16H,1-3,5-7H2. The van der Waals surface area contributed by atoms with Crippen molar-refractivity contribution in [3.8, 4) is 0 Å². The number of carbonyl (C=O) groups excluding carboxylic acids is 1. The minimum Gasteiger partial charge on any atom is -0.390 e. The molecule has 1 aromatic heterocycles. The Balaban J connectivity index is 1.55. The topological polar surface area (TPSA) is 71.2 Å². The average molecular weight is 236 g/mol. The molecule has 17 heavy (non-hydrogen) atoms. The predicted octanol–water partition coefficient (Wildman–Crippen LogP) is -0.0462. The Morgan fingerprint density at radius 1 is 1.47 bits per heavy atom. The second-order valence-corrected chi connectivity index (χ2v) is 4.87. The Kier molecular flexibility index (Phi) is 2.58. The molecule has 1 saturated carbocycles. The Bertz CT molecular complexity index is 421. The molecular formula is C11H16N4O2. The van der Waals surface area contributed by atoms with Crippen LogP contribution in [0.4, 0.5) is 0 Å². The number of hydrogen-bond donors (Lipinski definition) is 1. The van der Waals surface area contributed by atoms with Crippen LogP contribution >= 0.6 is 0 Å². The first-order chi connectivity index (χ1) is 8.28. The molecule has 0 spiro atoms. The SMILES string of the molecule is O=C(C1CCC1)N1CC(n2cc(CO)nn2)C1. The van der Waals surface area contributed by atoms with E-state index in [1.165, 1.54) is 6.42 Å². The van der Waals surface area contributed by atoms with Crippen LogP contribution in [0.25, 0.3) is 0 Å². The van der Waals surface area contributed by atoms with Crippen LogP contribution in [-0.4, -0.2) is 44.0 Å². The van der Waals surface area contributed by atoms with Gasteiger partial charge in [0.15, 0.2) is 0 Å². The van der Waals surface area contributed by atoms with E-state index in [1.807, 2.05) is 4.90 Å². The van der Waals surface area contributed by atoms with Gasteiger partial charge in [-0.3, -0.25) is 4.79 Å². The fourth-order valence-corrected chi connectivity index (χ4v) is 2.28. The lowest BCUT2D eigenvalue weighted by Crippen LogP contribution is -2.53. The van der Waals surface area contributed by atoms with E-state index in [2.05, 4.69) is 10.3 Å². The van der Waals surface area contributed by atoms with Gasteiger partial charge in [-0.15, -0.1) is 5.10 Å². The lowest BCUT2D eigenvalue weighted by molar-refractivity contribution is -0.144. The van der Waals surface area contributed by atoms with Crippen molar-refractivity contribution in [3.63, 3.8) is 0 Å². The van der Waals surface area contributed by atoms with Crippen LogP contribution < -0.4 is 0 Å². The van der Waals surface area contributed by atoms with E-state index in [-0.39, 0.29) is 18.6 Å². The lowest BCUT2D eigenvalue weighted by atomic mass is 9.83. The van der Waals surface area contributed by atoms with Crippen molar-refractivity contribution < 1.29 is 9.90 Å². The highest BCUT2D eigenvalue weighted by Crippen LogP contribution is 2.31. The number of rotatable bonds is 3. The Hall–Kier alpha value is -1.43. The molecule has 1 amide bonds. The summed E-state index contributed by atoms with van der Waals surface area (Å²) in [5.74, 6) is 0.578. The third kappa shape index (κ3) is 1.82. The molecule has 1 N–H and O–H groups in total. The van der Waals surface area contributed by atoms with Gasteiger partial charge in [0, 0.05) is 19.0 Å². The van der Waals surface area contributed by atoms with Crippen molar-refractivity contribution in [2.24, 2.45) is 5.92 Å². The smallest absolute Gasteiger partial charge is 0.225 e. The highest BCUT2D eigenvalue weighted by molar-refractivity contribution is 5.80. The van der Waals surface area contributed by atoms with Gasteiger partial charge in [0.25, 0.3) is 0 Å². The number of carbonyl (C=O) groups is 1. The predicted molar refractivity (Wildman–Crippen MR) is 58.9 cm³/mol. The van der Waals surface area contributed by atoms with E-state index in [9.17, 15) is 4.79 Å². The number of aliphatic hydroxyl groups is 1. The summed E-state index contributed by atoms with van der Waals surface area (Å²) in [5, 5.41) is 16.7. The first-order valence-electron chi connectivity index (χ1n) is 6.08. The van der Waals surface area contributed by atoms with Crippen LogP contribution in [0.3, 0.4) is 0 Å². The summed E-state index contributed by atoms with van der Waals surface area (Å²) in [6, 6.07) is 0.229. The molecule has 1 aromatic rings. The van der Waals surface area contributed by atoms with E-state index < -0.39 is 0 Å². The van der Waals surface area contributed by atoms with Crippen LogP contribution in [0.1, 0.15) is 31.0 Å². The van der Waals surface area contributed by atoms with E-state index in [0.29, 0.717) is 11.6 Å². The van der Waals surface area contributed by atoms with Crippen molar-refractivity contribution in [1.29, 1.82) is 0 Å². The van der Waals surface area contributed by atoms with Crippen molar-refractivity contribution in [2.45, 2.75) is 31.9 Å². The van der Waals surface area contributed by atoms with Crippen molar-refractivity contribution in [2.75, 3.05) is 13.1 Å². The summed E-state index contributed by atoms with van der Waals surface area (Å²) in [7, 11) is 0. The molecule has 92 valence electrons. The quantitative estimate of drug-likeness (QED) is 0.799. The molecule has 2 aliphatic rings. The van der Waals surface area contributed by atoms with Gasteiger partial charge < -0.3 is 10.0 Å². The largest absolute Gasteiger partial charge is 0.390 e. The Morgan fingerprint density at radius 2 is 2.24 bits per heavy atom. The van der Waals surface area contributed by atoms with Gasteiger partial charge in [0.1, 0.15) is 5.69 Å². The minimum absolute atomic E-state index is 0.0859. The molecule has 2 heterocycles. The number of amides is 1. The zero-order chi connectivity index (χ0) is 11.8. The summed E-state index contributed by atoms with van der Waals surface area (Å²) in [6.07, 6.45) is 5.04. The molecule has 0 unspecified atom stereocenters. The number of hydrogen-bond acceptors (Lipinski definition) is 4. The van der Waals surface area contributed by atoms with E-state index >= 15 is 0 Å². The van der Waals surface area contributed by atoms with Crippen LogP contribution in [0.2, 0.25) is 0 Å². The monoisotopic (exact) mass is 236 g/mol. The third-order valence-corrected chi connectivity index (χ3v) is 3.72. The van der Waals surface area contributed by atoms with Gasteiger partial charge in [-0.1, -0.05) is 11.6 Å². The Labute approximate surface area is 99.2 Å². The molecule has 0 aromatic carbocycles. The van der Waals surface area contributed by atoms with E-state index in [1.54, 1.807) is 10.9 Å². The molecule has 1 aliphatic carbocycles. The zero-order valence-electron chi connectivity index (χ0n) is 9.62. The summed E-state index contributed by atoms with van der Waals surface area (Å²) in [4.78, 5) is 13.8. The summed E-state index contributed by atoms with van der Waals surface area (Å²) in [6.45, 7) is 1.37. The maximum atomic E-state index is 11.9. The molecule has 0 atom stereocenters. The maximum absolute atomic E-state index is 11.9. The van der Waals surface area contributed by atoms with Gasteiger partial charge in [0.2, 0.25) is 5.91 Å². The van der Waals surface area contributed by atoms with Gasteiger partial charge >= 0.3 is 0 Å². The fraction of sp³-hybridized carbons (Fsp3) is 0.727. The number of aliphatic hydroxyl groups excluding tert-OH is 1. The molecule has 1 saturated heterocycles. The van der Waals surface area contributed by atoms with Gasteiger partial charge in [-0.25, -0.2) is 4.68 Å². The first kappa shape index (κ1) is 10.7. The molecule has 0 radical (unpaired) electrons. The molecule has 6 heteroatoms. The lowest BCUT2D eigenvalue weighted by Gasteiger charge is -2.42. The van der Waals surface area contributed by atoms with E-state index in [4.69, 9.17) is 5.11 Å². The summed E-state index contributed by atoms with van der Waals surface area (Å²) < 4.78 is 1.75. The van der Waals surface area contributed by atoms with Gasteiger partial charge in [-0.2, -0.15) is 0 Å². The molecule has 0 bridgehead atoms. The molecule has 6 nitrogen and oxygen atoms in total. The molecule has 2 fully saturated rings. The molecule has 1 aliphatic heterocycles. The van der Waals surface area contributed by atoms with Crippen LogP contribution in [-0.2, 0) is 11.4 Å². The Morgan fingerprint density at radius 3 is 2.76 bits per heavy atom. The second kappa shape index (κ2) is 4.10. The number of aromatic nitrogens is 3. The van der Waals surface area contributed by atoms with Gasteiger partial charge in [-0.05, 0) is 12.8 Å². The van der Waals surface area contributed by atoms with Crippen LogP contribution in [0.15, 0.2) is 6.20 Å². The second-order valence-electron chi connectivity index (χ2n) is 4.87. The molecule has 3 rings (SSSR count). The normalized spacial score (nSPS) is 21.1. The maximum Gasteiger partial charge on any atom is 0.225 e. The van der Waals surface area contributed by atoms with Crippen LogP contribution in [0.5, 0.6) is 0 Å². The van der Waals surface area contributed by atoms with Crippen molar-refractivity contribution in [3.05, 3.63) is 11.9 Å². The van der Waals surface area contributed by atoms with Crippen molar-refractivity contribution >= 4 is 5.91 Å². The van der Waals surface area contributed by atoms with Crippen molar-refractivity contribution in [1.82, 2.24) is 19.9 Å².